The summed E-state index contributed by atoms with van der Waals surface area (Å²) in [6, 6.07) is 6.35. The molecule has 0 N–H and O–H groups in total. The number of halogens is 10. The highest BCUT2D eigenvalue weighted by Crippen LogP contribution is 2.42. The third-order valence-electron chi connectivity index (χ3n) is 7.03. The van der Waals surface area contributed by atoms with Gasteiger partial charge in [0, 0.05) is 0 Å². The number of hydrogen-bond acceptors (Lipinski definition) is 2. The number of amides is 1. The first-order valence-electron chi connectivity index (χ1n) is 12.5. The van der Waals surface area contributed by atoms with Gasteiger partial charge in [0.1, 0.15) is 11.9 Å². The molecule has 3 nitrogen and oxygen atoms in total. The molecule has 2 atom stereocenters. The fraction of sp³-hybridized carbons (Fsp3) is 0.345. The lowest BCUT2D eigenvalue weighted by atomic mass is 9.92. The van der Waals surface area contributed by atoms with Gasteiger partial charge in [-0.05, 0) is 83.1 Å². The Kier molecular flexibility index (Phi) is 8.02. The summed E-state index contributed by atoms with van der Waals surface area (Å²) in [6.07, 6.45) is -17.8. The Labute approximate surface area is 233 Å². The van der Waals surface area contributed by atoms with Crippen LogP contribution in [0.1, 0.15) is 66.2 Å². The molecule has 0 saturated carbocycles. The van der Waals surface area contributed by atoms with E-state index in [1.165, 1.54) is 19.1 Å². The van der Waals surface area contributed by atoms with Gasteiger partial charge < -0.3 is 4.74 Å². The van der Waals surface area contributed by atoms with Gasteiger partial charge >= 0.3 is 24.6 Å². The molecule has 1 aliphatic rings. The highest BCUT2D eigenvalue weighted by Gasteiger charge is 2.43. The first kappa shape index (κ1) is 31.2. The van der Waals surface area contributed by atoms with Crippen LogP contribution in [-0.4, -0.2) is 17.0 Å². The molecule has 1 saturated heterocycles. The molecule has 0 spiro atoms. The van der Waals surface area contributed by atoms with Crippen LogP contribution in [-0.2, 0) is 29.8 Å². The van der Waals surface area contributed by atoms with E-state index in [2.05, 4.69) is 0 Å². The van der Waals surface area contributed by atoms with Crippen molar-refractivity contribution in [1.29, 1.82) is 0 Å². The van der Waals surface area contributed by atoms with Gasteiger partial charge in [0.25, 0.3) is 0 Å². The predicted molar refractivity (Wildman–Crippen MR) is 132 cm³/mol. The van der Waals surface area contributed by atoms with E-state index in [9.17, 15) is 48.7 Å². The number of carbonyl (C=O) groups is 1. The first-order valence-corrected chi connectivity index (χ1v) is 12.5. The highest BCUT2D eigenvalue weighted by atomic mass is 19.4. The standard InChI is InChI=1S/C29H23F10NO2/c1-14(2)23-11-16(4-7-24(23)30)22-6-5-19(27(31,32)33)10-18(22)13-40-15(3)25(42-26(40)41)17-8-20(28(34,35)36)12-21(9-17)29(37,38)39/h4-12,14-15,25H,13H2,1-3H3/t15-,25-/m0/s1. The number of benzene rings is 3. The van der Waals surface area contributed by atoms with Crippen molar-refractivity contribution in [3.63, 3.8) is 0 Å². The number of carbonyl (C=O) groups excluding carboxylic acids is 1. The summed E-state index contributed by atoms with van der Waals surface area (Å²) in [5.41, 5.74) is -4.05. The zero-order valence-electron chi connectivity index (χ0n) is 22.2. The lowest BCUT2D eigenvalue weighted by Gasteiger charge is -2.24. The van der Waals surface area contributed by atoms with Gasteiger partial charge in [-0.15, -0.1) is 0 Å². The monoisotopic (exact) mass is 607 g/mol. The van der Waals surface area contributed by atoms with Gasteiger partial charge in [-0.2, -0.15) is 39.5 Å². The van der Waals surface area contributed by atoms with Gasteiger partial charge in [-0.1, -0.05) is 26.0 Å². The maximum absolute atomic E-state index is 14.3. The van der Waals surface area contributed by atoms with Crippen molar-refractivity contribution in [2.75, 3.05) is 0 Å². The number of ether oxygens (including phenoxy) is 1. The number of nitrogens with zero attached hydrogens (tertiary/aromatic N) is 1. The van der Waals surface area contributed by atoms with Crippen LogP contribution in [0.25, 0.3) is 11.1 Å². The van der Waals surface area contributed by atoms with E-state index in [0.717, 1.165) is 29.2 Å². The quantitative estimate of drug-likeness (QED) is 0.270. The van der Waals surface area contributed by atoms with Crippen molar-refractivity contribution in [2.24, 2.45) is 0 Å². The molecule has 3 aromatic rings. The second-order valence-electron chi connectivity index (χ2n) is 10.3. The summed E-state index contributed by atoms with van der Waals surface area (Å²) in [5.74, 6) is -0.799. The Morgan fingerprint density at radius 2 is 1.36 bits per heavy atom. The Morgan fingerprint density at radius 3 is 1.88 bits per heavy atom. The van der Waals surface area contributed by atoms with E-state index in [0.29, 0.717) is 17.7 Å². The summed E-state index contributed by atoms with van der Waals surface area (Å²) >= 11 is 0. The Balaban J connectivity index is 1.77. The molecule has 3 aromatic carbocycles. The average molecular weight is 607 g/mol. The smallest absolute Gasteiger partial charge is 0.416 e. The number of cyclic esters (lactones) is 1. The van der Waals surface area contributed by atoms with E-state index in [4.69, 9.17) is 4.74 Å². The van der Waals surface area contributed by atoms with E-state index < -0.39 is 71.4 Å². The van der Waals surface area contributed by atoms with Gasteiger partial charge in [0.15, 0.2) is 0 Å². The van der Waals surface area contributed by atoms with Crippen LogP contribution in [0.3, 0.4) is 0 Å². The van der Waals surface area contributed by atoms with E-state index in [1.807, 2.05) is 0 Å². The minimum atomic E-state index is -5.14. The van der Waals surface area contributed by atoms with Gasteiger partial charge in [0.2, 0.25) is 0 Å². The third kappa shape index (κ3) is 6.34. The van der Waals surface area contributed by atoms with Crippen molar-refractivity contribution in [1.82, 2.24) is 4.90 Å². The molecule has 226 valence electrons. The zero-order chi connectivity index (χ0) is 31.4. The third-order valence-corrected chi connectivity index (χ3v) is 7.03. The molecule has 0 unspecified atom stereocenters. The molecule has 1 aliphatic heterocycles. The minimum absolute atomic E-state index is 0.0457. The molecular formula is C29H23F10NO2. The Morgan fingerprint density at radius 1 is 0.786 bits per heavy atom. The fourth-order valence-electron chi connectivity index (χ4n) is 4.82. The molecule has 1 fully saturated rings. The number of alkyl halides is 9. The maximum atomic E-state index is 14.3. The SMILES string of the molecule is CC(C)c1cc(-c2ccc(C(F)(F)F)cc2CN2C(=O)O[C@H](c3cc(C(F)(F)F)cc(C(F)(F)F)c3)[C@@H]2C)ccc1F. The van der Waals surface area contributed by atoms with Gasteiger partial charge in [0.05, 0.1) is 29.3 Å². The number of rotatable bonds is 5. The second-order valence-corrected chi connectivity index (χ2v) is 10.3. The predicted octanol–water partition coefficient (Wildman–Crippen LogP) is 9.75. The van der Waals surface area contributed by atoms with Crippen LogP contribution in [0.4, 0.5) is 48.7 Å². The first-order chi connectivity index (χ1) is 19.3. The van der Waals surface area contributed by atoms with Gasteiger partial charge in [-0.3, -0.25) is 4.90 Å². The normalized spacial score (nSPS) is 18.1. The number of hydrogen-bond donors (Lipinski definition) is 0. The summed E-state index contributed by atoms with van der Waals surface area (Å²) in [4.78, 5) is 13.8. The molecule has 0 radical (unpaired) electrons. The summed E-state index contributed by atoms with van der Waals surface area (Å²) in [7, 11) is 0. The van der Waals surface area contributed by atoms with Crippen molar-refractivity contribution >= 4 is 6.09 Å². The topological polar surface area (TPSA) is 29.5 Å². The Bertz CT molecular complexity index is 1460. The molecule has 0 bridgehead atoms. The molecule has 13 heteroatoms. The zero-order valence-corrected chi connectivity index (χ0v) is 22.2. The molecule has 4 rings (SSSR count). The van der Waals surface area contributed by atoms with E-state index >= 15 is 0 Å². The maximum Gasteiger partial charge on any atom is 0.416 e. The molecule has 42 heavy (non-hydrogen) atoms. The van der Waals surface area contributed by atoms with E-state index in [-0.39, 0.29) is 28.7 Å². The van der Waals surface area contributed by atoms with Gasteiger partial charge in [-0.25, -0.2) is 9.18 Å². The van der Waals surface area contributed by atoms with Crippen molar-refractivity contribution in [3.8, 4) is 11.1 Å². The second kappa shape index (κ2) is 10.8. The summed E-state index contributed by atoms with van der Waals surface area (Å²) in [6.45, 7) is 4.20. The molecule has 1 heterocycles. The van der Waals surface area contributed by atoms with Crippen LogP contribution in [0, 0.1) is 5.82 Å². The summed E-state index contributed by atoms with van der Waals surface area (Å²) < 4.78 is 141. The minimum Gasteiger partial charge on any atom is -0.439 e. The van der Waals surface area contributed by atoms with Crippen molar-refractivity contribution in [3.05, 3.63) is 93.8 Å². The molecule has 0 aromatic heterocycles. The lowest BCUT2D eigenvalue weighted by Crippen LogP contribution is -2.32. The van der Waals surface area contributed by atoms with Crippen LogP contribution in [0.2, 0.25) is 0 Å². The molecule has 1 amide bonds. The van der Waals surface area contributed by atoms with Crippen molar-refractivity contribution < 1.29 is 53.4 Å². The van der Waals surface area contributed by atoms with Crippen LogP contribution in [0.15, 0.2) is 54.6 Å². The largest absolute Gasteiger partial charge is 0.439 e. The Hall–Kier alpha value is -3.77. The summed E-state index contributed by atoms with van der Waals surface area (Å²) in [5, 5.41) is 0. The fourth-order valence-corrected chi connectivity index (χ4v) is 4.82. The lowest BCUT2D eigenvalue weighted by molar-refractivity contribution is -0.143. The highest BCUT2D eigenvalue weighted by molar-refractivity contribution is 5.73. The molecule has 0 aliphatic carbocycles. The van der Waals surface area contributed by atoms with Crippen LogP contribution < -0.4 is 0 Å². The van der Waals surface area contributed by atoms with Crippen molar-refractivity contribution in [2.45, 2.75) is 63.9 Å². The van der Waals surface area contributed by atoms with Crippen LogP contribution in [0.5, 0.6) is 0 Å². The average Bonchev–Trinajstić information content (AvgIpc) is 3.15. The van der Waals surface area contributed by atoms with Crippen LogP contribution >= 0.6 is 0 Å². The van der Waals surface area contributed by atoms with E-state index in [1.54, 1.807) is 13.8 Å². The molecular weight excluding hydrogens is 584 g/mol.